The average Bonchev–Trinajstić information content (AvgIpc) is 2.81. The third-order valence-corrected chi connectivity index (χ3v) is 5.63. The van der Waals surface area contributed by atoms with Gasteiger partial charge >= 0.3 is 0 Å². The molecule has 1 aliphatic rings. The number of hydrogen-bond donors (Lipinski definition) is 3. The Kier molecular flexibility index (Phi) is 5.26. The molecule has 32 heavy (non-hydrogen) atoms. The Morgan fingerprint density at radius 1 is 0.750 bits per heavy atom. The van der Waals surface area contributed by atoms with E-state index in [9.17, 15) is 0 Å². The molecule has 1 atom stereocenters. The first kappa shape index (κ1) is 20.1. The van der Waals surface area contributed by atoms with Crippen molar-refractivity contribution >= 4 is 28.7 Å². The zero-order chi connectivity index (χ0) is 22.1. The van der Waals surface area contributed by atoms with E-state index in [4.69, 9.17) is 21.9 Å². The first-order chi connectivity index (χ1) is 15.6. The summed E-state index contributed by atoms with van der Waals surface area (Å²) < 4.78 is 5.56. The fraction of sp³-hybridized carbons (Fsp3) is 0.217. The lowest BCUT2D eigenvalue weighted by atomic mass is 9.95. The van der Waals surface area contributed by atoms with E-state index in [1.54, 1.807) is 0 Å². The second-order valence-corrected chi connectivity index (χ2v) is 7.68. The standard InChI is InChI=1S/C23H24N8O/c24-20-17(27-18-21(25)29-23(26)30-22(18)28-20)14-6-8-16(9-7-14)19(15-4-2-1-3-5-15)31-10-12-32-13-11-31/h1-9,19H,10-13H2,(H6,24,25,26,28,29,30). The van der Waals surface area contributed by atoms with Gasteiger partial charge in [-0.3, -0.25) is 4.90 Å². The van der Waals surface area contributed by atoms with Crippen molar-refractivity contribution in [3.05, 3.63) is 65.7 Å². The molecule has 3 heterocycles. The molecule has 2 aromatic carbocycles. The molecule has 0 saturated carbocycles. The first-order valence-corrected chi connectivity index (χ1v) is 10.4. The van der Waals surface area contributed by atoms with Gasteiger partial charge in [-0.15, -0.1) is 0 Å². The van der Waals surface area contributed by atoms with Crippen LogP contribution in [0.15, 0.2) is 54.6 Å². The lowest BCUT2D eigenvalue weighted by Gasteiger charge is -2.35. The van der Waals surface area contributed by atoms with Gasteiger partial charge < -0.3 is 21.9 Å². The maximum atomic E-state index is 6.19. The highest BCUT2D eigenvalue weighted by molar-refractivity contribution is 5.87. The second kappa shape index (κ2) is 8.37. The number of aromatic nitrogens is 4. The van der Waals surface area contributed by atoms with E-state index >= 15 is 0 Å². The molecule has 1 aliphatic heterocycles. The number of nitrogen functional groups attached to an aromatic ring is 3. The summed E-state index contributed by atoms with van der Waals surface area (Å²) in [4.78, 5) is 19.4. The second-order valence-electron chi connectivity index (χ2n) is 7.68. The fourth-order valence-electron chi connectivity index (χ4n) is 4.12. The molecule has 9 nitrogen and oxygen atoms in total. The molecular formula is C23H24N8O. The van der Waals surface area contributed by atoms with Crippen LogP contribution < -0.4 is 17.2 Å². The van der Waals surface area contributed by atoms with Gasteiger partial charge in [-0.25, -0.2) is 9.97 Å². The predicted molar refractivity (Wildman–Crippen MR) is 124 cm³/mol. The molecular weight excluding hydrogens is 404 g/mol. The van der Waals surface area contributed by atoms with Crippen LogP contribution in [0.25, 0.3) is 22.4 Å². The Labute approximate surface area is 185 Å². The number of rotatable bonds is 4. The van der Waals surface area contributed by atoms with Crippen molar-refractivity contribution in [2.75, 3.05) is 43.5 Å². The molecule has 0 amide bonds. The number of hydrogen-bond acceptors (Lipinski definition) is 9. The fourth-order valence-corrected chi connectivity index (χ4v) is 4.12. The minimum absolute atomic E-state index is 0.0378. The van der Waals surface area contributed by atoms with E-state index < -0.39 is 0 Å². The maximum Gasteiger partial charge on any atom is 0.224 e. The average molecular weight is 429 g/mol. The summed E-state index contributed by atoms with van der Waals surface area (Å²) in [6.45, 7) is 3.23. The van der Waals surface area contributed by atoms with E-state index in [2.05, 4.69) is 61.2 Å². The van der Waals surface area contributed by atoms with E-state index in [0.29, 0.717) is 11.2 Å². The van der Waals surface area contributed by atoms with Gasteiger partial charge in [-0.1, -0.05) is 54.6 Å². The third-order valence-electron chi connectivity index (χ3n) is 5.63. The van der Waals surface area contributed by atoms with Gasteiger partial charge in [0.2, 0.25) is 5.95 Å². The Morgan fingerprint density at radius 2 is 1.44 bits per heavy atom. The molecule has 6 N–H and O–H groups in total. The van der Waals surface area contributed by atoms with Crippen LogP contribution in [0.3, 0.4) is 0 Å². The van der Waals surface area contributed by atoms with Crippen molar-refractivity contribution < 1.29 is 4.74 Å². The highest BCUT2D eigenvalue weighted by atomic mass is 16.5. The molecule has 5 rings (SSSR count). The Bertz CT molecular complexity index is 1240. The van der Waals surface area contributed by atoms with Gasteiger partial charge in [0.05, 0.1) is 19.3 Å². The zero-order valence-electron chi connectivity index (χ0n) is 17.5. The minimum Gasteiger partial charge on any atom is -0.382 e. The summed E-state index contributed by atoms with van der Waals surface area (Å²) >= 11 is 0. The molecule has 1 fully saturated rings. The van der Waals surface area contributed by atoms with Gasteiger partial charge in [0.1, 0.15) is 5.69 Å². The number of fused-ring (bicyclic) bond motifs is 1. The number of ether oxygens (including phenoxy) is 1. The van der Waals surface area contributed by atoms with E-state index in [1.165, 1.54) is 11.1 Å². The Hall–Kier alpha value is -3.82. The van der Waals surface area contributed by atoms with Crippen LogP contribution in [0.1, 0.15) is 17.2 Å². The quantitative estimate of drug-likeness (QED) is 0.446. The minimum atomic E-state index is 0.0378. The highest BCUT2D eigenvalue weighted by Crippen LogP contribution is 2.32. The van der Waals surface area contributed by atoms with Gasteiger partial charge in [0.25, 0.3) is 0 Å². The van der Waals surface area contributed by atoms with Crippen molar-refractivity contribution in [3.8, 4) is 11.3 Å². The van der Waals surface area contributed by atoms with E-state index in [0.717, 1.165) is 31.9 Å². The Morgan fingerprint density at radius 3 is 2.16 bits per heavy atom. The van der Waals surface area contributed by atoms with Crippen LogP contribution in [0.5, 0.6) is 0 Å². The molecule has 1 unspecified atom stereocenters. The number of anilines is 3. The van der Waals surface area contributed by atoms with Gasteiger partial charge in [-0.05, 0) is 11.1 Å². The molecule has 0 spiro atoms. The maximum absolute atomic E-state index is 6.19. The lowest BCUT2D eigenvalue weighted by Crippen LogP contribution is -2.39. The van der Waals surface area contributed by atoms with Crippen molar-refractivity contribution in [1.82, 2.24) is 24.8 Å². The first-order valence-electron chi connectivity index (χ1n) is 10.4. The molecule has 0 bridgehead atoms. The molecule has 2 aromatic heterocycles. The van der Waals surface area contributed by atoms with Crippen molar-refractivity contribution in [3.63, 3.8) is 0 Å². The van der Waals surface area contributed by atoms with Crippen molar-refractivity contribution in [1.29, 1.82) is 0 Å². The van der Waals surface area contributed by atoms with Gasteiger partial charge in [0, 0.05) is 18.7 Å². The predicted octanol–water partition coefficient (Wildman–Crippen LogP) is 2.25. The summed E-state index contributed by atoms with van der Waals surface area (Å²) in [6.07, 6.45) is 0. The highest BCUT2D eigenvalue weighted by Gasteiger charge is 2.24. The summed E-state index contributed by atoms with van der Waals surface area (Å²) in [5.41, 5.74) is 22.3. The van der Waals surface area contributed by atoms with Gasteiger partial charge in [-0.2, -0.15) is 9.97 Å². The molecule has 162 valence electrons. The van der Waals surface area contributed by atoms with Crippen LogP contribution >= 0.6 is 0 Å². The lowest BCUT2D eigenvalue weighted by molar-refractivity contribution is 0.0239. The normalized spacial score (nSPS) is 15.6. The molecule has 0 radical (unpaired) electrons. The van der Waals surface area contributed by atoms with Crippen LogP contribution in [0.4, 0.5) is 17.6 Å². The van der Waals surface area contributed by atoms with Crippen molar-refractivity contribution in [2.24, 2.45) is 0 Å². The van der Waals surface area contributed by atoms with E-state index in [1.807, 2.05) is 18.2 Å². The summed E-state index contributed by atoms with van der Waals surface area (Å²) in [5, 5.41) is 0. The van der Waals surface area contributed by atoms with Crippen LogP contribution in [0, 0.1) is 0 Å². The molecule has 0 aliphatic carbocycles. The monoisotopic (exact) mass is 428 g/mol. The SMILES string of the molecule is Nc1nc(N)c2nc(-c3ccc(C(c4ccccc4)N4CCOCC4)cc3)c(N)nc2n1. The topological polar surface area (TPSA) is 142 Å². The van der Waals surface area contributed by atoms with Gasteiger partial charge in [0.15, 0.2) is 22.8 Å². The van der Waals surface area contributed by atoms with Crippen LogP contribution in [-0.4, -0.2) is 51.1 Å². The zero-order valence-corrected chi connectivity index (χ0v) is 17.5. The summed E-state index contributed by atoms with van der Waals surface area (Å²) in [5.74, 6) is 0.473. The van der Waals surface area contributed by atoms with Crippen LogP contribution in [0.2, 0.25) is 0 Å². The molecule has 1 saturated heterocycles. The van der Waals surface area contributed by atoms with Crippen LogP contribution in [-0.2, 0) is 4.74 Å². The third kappa shape index (κ3) is 3.79. The largest absolute Gasteiger partial charge is 0.382 e. The summed E-state index contributed by atoms with van der Waals surface area (Å²) in [7, 11) is 0. The molecule has 9 heteroatoms. The number of benzene rings is 2. The van der Waals surface area contributed by atoms with E-state index in [-0.39, 0.29) is 29.3 Å². The Balaban J connectivity index is 1.53. The summed E-state index contributed by atoms with van der Waals surface area (Å²) in [6, 6.07) is 18.9. The number of morpholine rings is 1. The van der Waals surface area contributed by atoms with Crippen molar-refractivity contribution in [2.45, 2.75) is 6.04 Å². The smallest absolute Gasteiger partial charge is 0.224 e. The molecule has 4 aromatic rings. The number of nitrogens with zero attached hydrogens (tertiary/aromatic N) is 5. The number of nitrogens with two attached hydrogens (primary N) is 3.